The SMILES string of the molecule is Cc1ccc(C)c(COC(=O)c2ccc(-n3nc(C)cc3C)cc2)c1. The van der Waals surface area contributed by atoms with Crippen molar-refractivity contribution in [3.05, 3.63) is 82.2 Å². The van der Waals surface area contributed by atoms with Gasteiger partial charge in [-0.1, -0.05) is 23.8 Å². The van der Waals surface area contributed by atoms with Gasteiger partial charge in [-0.3, -0.25) is 0 Å². The molecule has 0 aliphatic carbocycles. The largest absolute Gasteiger partial charge is 0.457 e. The molecule has 0 bridgehead atoms. The predicted octanol–water partition coefficient (Wildman–Crippen LogP) is 4.46. The summed E-state index contributed by atoms with van der Waals surface area (Å²) in [6.45, 7) is 8.30. The summed E-state index contributed by atoms with van der Waals surface area (Å²) in [4.78, 5) is 12.3. The highest BCUT2D eigenvalue weighted by atomic mass is 16.5. The van der Waals surface area contributed by atoms with Crippen LogP contribution in [0.5, 0.6) is 0 Å². The third-order valence-corrected chi connectivity index (χ3v) is 4.22. The number of hydrogen-bond acceptors (Lipinski definition) is 3. The minimum Gasteiger partial charge on any atom is -0.457 e. The van der Waals surface area contributed by atoms with Crippen molar-refractivity contribution in [2.75, 3.05) is 0 Å². The van der Waals surface area contributed by atoms with Gasteiger partial charge >= 0.3 is 5.97 Å². The summed E-state index contributed by atoms with van der Waals surface area (Å²) in [5, 5.41) is 4.45. The van der Waals surface area contributed by atoms with E-state index in [4.69, 9.17) is 4.74 Å². The van der Waals surface area contributed by atoms with Gasteiger partial charge < -0.3 is 4.74 Å². The van der Waals surface area contributed by atoms with Crippen LogP contribution in [-0.2, 0) is 11.3 Å². The van der Waals surface area contributed by atoms with Crippen LogP contribution in [0.15, 0.2) is 48.5 Å². The van der Waals surface area contributed by atoms with Crippen molar-refractivity contribution in [2.45, 2.75) is 34.3 Å². The van der Waals surface area contributed by atoms with Gasteiger partial charge in [0, 0.05) is 5.69 Å². The van der Waals surface area contributed by atoms with Crippen LogP contribution in [0.4, 0.5) is 0 Å². The Hall–Kier alpha value is -2.88. The van der Waals surface area contributed by atoms with Crippen LogP contribution in [0.2, 0.25) is 0 Å². The molecule has 0 aliphatic rings. The topological polar surface area (TPSA) is 44.1 Å². The first-order chi connectivity index (χ1) is 11.9. The molecular formula is C21H22N2O2. The Bertz CT molecular complexity index is 908. The molecule has 0 radical (unpaired) electrons. The second-order valence-electron chi connectivity index (χ2n) is 6.39. The number of aromatic nitrogens is 2. The molecule has 2 aromatic carbocycles. The van der Waals surface area contributed by atoms with E-state index in [0.29, 0.717) is 5.56 Å². The van der Waals surface area contributed by atoms with E-state index in [-0.39, 0.29) is 12.6 Å². The second-order valence-corrected chi connectivity index (χ2v) is 6.39. The molecule has 4 heteroatoms. The van der Waals surface area contributed by atoms with E-state index in [9.17, 15) is 4.79 Å². The van der Waals surface area contributed by atoms with Crippen molar-refractivity contribution in [1.29, 1.82) is 0 Å². The van der Waals surface area contributed by atoms with E-state index in [1.54, 1.807) is 12.1 Å². The fourth-order valence-electron chi connectivity index (χ4n) is 2.81. The van der Waals surface area contributed by atoms with E-state index in [1.165, 1.54) is 0 Å². The van der Waals surface area contributed by atoms with Crippen molar-refractivity contribution >= 4 is 5.97 Å². The molecule has 1 aromatic heterocycles. The molecule has 0 saturated heterocycles. The molecule has 25 heavy (non-hydrogen) atoms. The maximum atomic E-state index is 12.3. The lowest BCUT2D eigenvalue weighted by Crippen LogP contribution is -2.07. The standard InChI is InChI=1S/C21H22N2O2/c1-14-5-6-15(2)19(11-14)13-25-21(24)18-7-9-20(10-8-18)23-17(4)12-16(3)22-23/h5-12H,13H2,1-4H3. The summed E-state index contributed by atoms with van der Waals surface area (Å²) in [6.07, 6.45) is 0. The molecule has 0 unspecified atom stereocenters. The van der Waals surface area contributed by atoms with Crippen LogP contribution in [0.1, 0.15) is 38.4 Å². The Kier molecular flexibility index (Phi) is 4.70. The number of benzene rings is 2. The van der Waals surface area contributed by atoms with Gasteiger partial charge in [0.05, 0.1) is 16.9 Å². The molecule has 0 spiro atoms. The van der Waals surface area contributed by atoms with E-state index < -0.39 is 0 Å². The van der Waals surface area contributed by atoms with Gasteiger partial charge in [-0.15, -0.1) is 0 Å². The summed E-state index contributed by atoms with van der Waals surface area (Å²) < 4.78 is 7.32. The third kappa shape index (κ3) is 3.79. The fraction of sp³-hybridized carbons (Fsp3) is 0.238. The van der Waals surface area contributed by atoms with E-state index in [1.807, 2.05) is 56.6 Å². The van der Waals surface area contributed by atoms with Gasteiger partial charge in [0.1, 0.15) is 6.61 Å². The highest BCUT2D eigenvalue weighted by Crippen LogP contribution is 2.16. The van der Waals surface area contributed by atoms with Crippen LogP contribution < -0.4 is 0 Å². The minimum atomic E-state index is -0.319. The lowest BCUT2D eigenvalue weighted by molar-refractivity contribution is 0.0472. The summed E-state index contributed by atoms with van der Waals surface area (Å²) in [5.41, 5.74) is 6.81. The molecule has 3 rings (SSSR count). The van der Waals surface area contributed by atoms with Gasteiger partial charge in [-0.2, -0.15) is 5.10 Å². The molecule has 0 N–H and O–H groups in total. The highest BCUT2D eigenvalue weighted by molar-refractivity contribution is 5.89. The number of rotatable bonds is 4. The monoisotopic (exact) mass is 334 g/mol. The lowest BCUT2D eigenvalue weighted by Gasteiger charge is -2.09. The first-order valence-corrected chi connectivity index (χ1v) is 8.31. The summed E-state index contributed by atoms with van der Waals surface area (Å²) in [5.74, 6) is -0.319. The molecule has 0 saturated carbocycles. The Morgan fingerprint density at radius 2 is 1.72 bits per heavy atom. The molecular weight excluding hydrogens is 312 g/mol. The van der Waals surface area contributed by atoms with Crippen molar-refractivity contribution in [1.82, 2.24) is 9.78 Å². The van der Waals surface area contributed by atoms with Gasteiger partial charge in [0.15, 0.2) is 0 Å². The number of esters is 1. The Morgan fingerprint density at radius 3 is 2.36 bits per heavy atom. The van der Waals surface area contributed by atoms with Crippen molar-refractivity contribution in [3.63, 3.8) is 0 Å². The maximum Gasteiger partial charge on any atom is 0.338 e. The highest BCUT2D eigenvalue weighted by Gasteiger charge is 2.10. The number of hydrogen-bond donors (Lipinski definition) is 0. The smallest absolute Gasteiger partial charge is 0.338 e. The van der Waals surface area contributed by atoms with E-state index in [2.05, 4.69) is 17.2 Å². The quantitative estimate of drug-likeness (QED) is 0.662. The number of ether oxygens (including phenoxy) is 1. The van der Waals surface area contributed by atoms with Crippen LogP contribution in [0.25, 0.3) is 5.69 Å². The Balaban J connectivity index is 1.70. The second kappa shape index (κ2) is 6.93. The molecule has 3 aromatic rings. The first kappa shape index (κ1) is 17.0. The van der Waals surface area contributed by atoms with Crippen molar-refractivity contribution in [2.24, 2.45) is 0 Å². The van der Waals surface area contributed by atoms with Crippen molar-refractivity contribution in [3.8, 4) is 5.69 Å². The molecule has 0 fully saturated rings. The summed E-state index contributed by atoms with van der Waals surface area (Å²) in [6, 6.07) is 15.5. The van der Waals surface area contributed by atoms with Crippen LogP contribution in [0, 0.1) is 27.7 Å². The number of nitrogens with zero attached hydrogens (tertiary/aromatic N) is 2. The molecule has 1 heterocycles. The number of carbonyl (C=O) groups is 1. The fourth-order valence-corrected chi connectivity index (χ4v) is 2.81. The summed E-state index contributed by atoms with van der Waals surface area (Å²) in [7, 11) is 0. The van der Waals surface area contributed by atoms with Crippen molar-refractivity contribution < 1.29 is 9.53 Å². The zero-order valence-corrected chi connectivity index (χ0v) is 15.0. The van der Waals surface area contributed by atoms with E-state index >= 15 is 0 Å². The molecule has 0 amide bonds. The Morgan fingerprint density at radius 1 is 1.00 bits per heavy atom. The average molecular weight is 334 g/mol. The van der Waals surface area contributed by atoms with Gasteiger partial charge in [-0.05, 0) is 69.2 Å². The predicted molar refractivity (Wildman–Crippen MR) is 98.1 cm³/mol. The zero-order valence-electron chi connectivity index (χ0n) is 15.0. The Labute approximate surface area is 148 Å². The van der Waals surface area contributed by atoms with Gasteiger partial charge in [0.2, 0.25) is 0 Å². The zero-order chi connectivity index (χ0) is 18.0. The normalized spacial score (nSPS) is 10.7. The van der Waals surface area contributed by atoms with Crippen LogP contribution >= 0.6 is 0 Å². The van der Waals surface area contributed by atoms with Gasteiger partial charge in [0.25, 0.3) is 0 Å². The molecule has 4 nitrogen and oxygen atoms in total. The molecule has 128 valence electrons. The molecule has 0 atom stereocenters. The number of carbonyl (C=O) groups excluding carboxylic acids is 1. The average Bonchev–Trinajstić information content (AvgIpc) is 2.94. The third-order valence-electron chi connectivity index (χ3n) is 4.22. The first-order valence-electron chi connectivity index (χ1n) is 8.31. The molecule has 0 aliphatic heterocycles. The number of aryl methyl sites for hydroxylation is 4. The van der Waals surface area contributed by atoms with Gasteiger partial charge in [-0.25, -0.2) is 9.48 Å². The summed E-state index contributed by atoms with van der Waals surface area (Å²) >= 11 is 0. The van der Waals surface area contributed by atoms with Crippen LogP contribution in [0.3, 0.4) is 0 Å². The van der Waals surface area contributed by atoms with E-state index in [0.717, 1.165) is 33.8 Å². The minimum absolute atomic E-state index is 0.283. The van der Waals surface area contributed by atoms with Crippen LogP contribution in [-0.4, -0.2) is 15.7 Å². The lowest BCUT2D eigenvalue weighted by atomic mass is 10.1. The maximum absolute atomic E-state index is 12.3.